The van der Waals surface area contributed by atoms with E-state index in [4.69, 9.17) is 14.2 Å². The minimum atomic E-state index is -2.99. The normalized spacial score (nSPS) is 18.9. The standard InChI is InChI=1S/C16H22N2O6S/c1-22-13-5-4-12(15(23-2)16(13)24-3)9-17-18-14(19)8-11-6-7-25(20,21)10-11/h4-5,9,11H,6-8,10H2,1-3H3,(H,18,19)/b17-9-/t11-/m0/s1. The second kappa shape index (κ2) is 8.19. The molecule has 8 nitrogen and oxygen atoms in total. The number of hydrogen-bond donors (Lipinski definition) is 1. The number of hydrogen-bond acceptors (Lipinski definition) is 7. The van der Waals surface area contributed by atoms with Crippen LogP contribution in [0.1, 0.15) is 18.4 Å². The third-order valence-corrected chi connectivity index (χ3v) is 5.77. The van der Waals surface area contributed by atoms with Crippen molar-refractivity contribution in [2.24, 2.45) is 11.0 Å². The molecule has 0 aliphatic carbocycles. The van der Waals surface area contributed by atoms with E-state index < -0.39 is 9.84 Å². The SMILES string of the molecule is COc1ccc(/C=N\NC(=O)C[C@@H]2CCS(=O)(=O)C2)c(OC)c1OC. The first-order valence-corrected chi connectivity index (χ1v) is 9.53. The largest absolute Gasteiger partial charge is 0.493 e. The third kappa shape index (κ3) is 4.85. The van der Waals surface area contributed by atoms with Crippen LogP contribution in [0.15, 0.2) is 17.2 Å². The lowest BCUT2D eigenvalue weighted by molar-refractivity contribution is -0.121. The quantitative estimate of drug-likeness (QED) is 0.567. The molecule has 1 aromatic rings. The monoisotopic (exact) mass is 370 g/mol. The number of benzene rings is 1. The minimum absolute atomic E-state index is 0.0631. The van der Waals surface area contributed by atoms with Crippen LogP contribution in [0.2, 0.25) is 0 Å². The Morgan fingerprint density at radius 2 is 1.96 bits per heavy atom. The fourth-order valence-corrected chi connectivity index (χ4v) is 4.60. The molecule has 1 saturated heterocycles. The number of ether oxygens (including phenoxy) is 3. The zero-order valence-electron chi connectivity index (χ0n) is 14.4. The Kier molecular flexibility index (Phi) is 6.24. The molecule has 1 aliphatic rings. The highest BCUT2D eigenvalue weighted by molar-refractivity contribution is 7.91. The molecule has 0 spiro atoms. The van der Waals surface area contributed by atoms with E-state index in [1.807, 2.05) is 0 Å². The number of amides is 1. The van der Waals surface area contributed by atoms with Gasteiger partial charge in [0, 0.05) is 12.0 Å². The fraction of sp³-hybridized carbons (Fsp3) is 0.500. The van der Waals surface area contributed by atoms with Crippen LogP contribution in [0.5, 0.6) is 17.2 Å². The summed E-state index contributed by atoms with van der Waals surface area (Å²) < 4.78 is 38.6. The van der Waals surface area contributed by atoms with Crippen LogP contribution >= 0.6 is 0 Å². The van der Waals surface area contributed by atoms with Crippen molar-refractivity contribution in [1.82, 2.24) is 5.43 Å². The zero-order chi connectivity index (χ0) is 18.4. The molecule has 0 aromatic heterocycles. The first-order valence-electron chi connectivity index (χ1n) is 7.71. The van der Waals surface area contributed by atoms with Crippen molar-refractivity contribution in [3.8, 4) is 17.2 Å². The molecule has 25 heavy (non-hydrogen) atoms. The van der Waals surface area contributed by atoms with Crippen LogP contribution in [0.3, 0.4) is 0 Å². The van der Waals surface area contributed by atoms with Gasteiger partial charge < -0.3 is 14.2 Å². The average Bonchev–Trinajstić information content (AvgIpc) is 2.92. The van der Waals surface area contributed by atoms with E-state index in [0.717, 1.165) is 0 Å². The van der Waals surface area contributed by atoms with E-state index in [0.29, 0.717) is 29.2 Å². The van der Waals surface area contributed by atoms with Crippen LogP contribution < -0.4 is 19.6 Å². The van der Waals surface area contributed by atoms with E-state index in [1.165, 1.54) is 27.5 Å². The van der Waals surface area contributed by atoms with Gasteiger partial charge in [-0.15, -0.1) is 0 Å². The highest BCUT2D eigenvalue weighted by Gasteiger charge is 2.29. The van der Waals surface area contributed by atoms with Gasteiger partial charge in [0.1, 0.15) is 0 Å². The van der Waals surface area contributed by atoms with Crippen molar-refractivity contribution >= 4 is 22.0 Å². The summed E-state index contributed by atoms with van der Waals surface area (Å²) in [6.07, 6.45) is 2.09. The second-order valence-electron chi connectivity index (χ2n) is 5.69. The van der Waals surface area contributed by atoms with Gasteiger partial charge in [0.15, 0.2) is 21.3 Å². The Morgan fingerprint density at radius 3 is 2.52 bits per heavy atom. The fourth-order valence-electron chi connectivity index (χ4n) is 2.74. The van der Waals surface area contributed by atoms with E-state index in [2.05, 4.69) is 10.5 Å². The highest BCUT2D eigenvalue weighted by Crippen LogP contribution is 2.38. The number of carbonyl (C=O) groups excluding carboxylic acids is 1. The van der Waals surface area contributed by atoms with Crippen molar-refractivity contribution < 1.29 is 27.4 Å². The predicted octanol–water partition coefficient (Wildman–Crippen LogP) is 0.987. The summed E-state index contributed by atoms with van der Waals surface area (Å²) in [5.41, 5.74) is 3.01. The number of methoxy groups -OCH3 is 3. The second-order valence-corrected chi connectivity index (χ2v) is 7.92. The van der Waals surface area contributed by atoms with Crippen LogP contribution in [-0.2, 0) is 14.6 Å². The van der Waals surface area contributed by atoms with Crippen LogP contribution in [0, 0.1) is 5.92 Å². The van der Waals surface area contributed by atoms with Crippen molar-refractivity contribution in [1.29, 1.82) is 0 Å². The molecule has 0 bridgehead atoms. The Bertz CT molecular complexity index is 760. The summed E-state index contributed by atoms with van der Waals surface area (Å²) >= 11 is 0. The molecule has 138 valence electrons. The summed E-state index contributed by atoms with van der Waals surface area (Å²) in [5.74, 6) is 1.12. The Hall–Kier alpha value is -2.29. The maximum Gasteiger partial charge on any atom is 0.240 e. The Labute approximate surface area is 147 Å². The number of sulfone groups is 1. The lowest BCUT2D eigenvalue weighted by Gasteiger charge is -2.13. The number of rotatable bonds is 7. The first-order chi connectivity index (χ1) is 11.9. The van der Waals surface area contributed by atoms with Gasteiger partial charge in [-0.25, -0.2) is 13.8 Å². The molecular formula is C16H22N2O6S. The van der Waals surface area contributed by atoms with Gasteiger partial charge in [0.25, 0.3) is 0 Å². The van der Waals surface area contributed by atoms with Gasteiger partial charge >= 0.3 is 0 Å². The molecule has 1 heterocycles. The van der Waals surface area contributed by atoms with E-state index in [1.54, 1.807) is 12.1 Å². The minimum Gasteiger partial charge on any atom is -0.493 e. The molecule has 2 rings (SSSR count). The lowest BCUT2D eigenvalue weighted by Crippen LogP contribution is -2.21. The summed E-state index contributed by atoms with van der Waals surface area (Å²) in [5, 5.41) is 3.91. The topological polar surface area (TPSA) is 103 Å². The van der Waals surface area contributed by atoms with Gasteiger partial charge in [0.05, 0.1) is 39.0 Å². The Morgan fingerprint density at radius 1 is 1.24 bits per heavy atom. The molecule has 1 aromatic carbocycles. The third-order valence-electron chi connectivity index (χ3n) is 3.93. The molecule has 1 amide bonds. The van der Waals surface area contributed by atoms with E-state index in [-0.39, 0.29) is 29.8 Å². The maximum absolute atomic E-state index is 11.9. The zero-order valence-corrected chi connectivity index (χ0v) is 15.3. The van der Waals surface area contributed by atoms with Gasteiger partial charge in [-0.05, 0) is 24.5 Å². The Balaban J connectivity index is 2.01. The van der Waals surface area contributed by atoms with Gasteiger partial charge in [-0.2, -0.15) is 5.10 Å². The van der Waals surface area contributed by atoms with Crippen molar-refractivity contribution in [2.45, 2.75) is 12.8 Å². The van der Waals surface area contributed by atoms with Gasteiger partial charge in [-0.3, -0.25) is 4.79 Å². The first kappa shape index (κ1) is 19.0. The molecule has 0 saturated carbocycles. The van der Waals surface area contributed by atoms with E-state index >= 15 is 0 Å². The number of nitrogens with one attached hydrogen (secondary N) is 1. The molecule has 1 N–H and O–H groups in total. The molecule has 9 heteroatoms. The van der Waals surface area contributed by atoms with Crippen LogP contribution in [0.25, 0.3) is 0 Å². The molecule has 0 radical (unpaired) electrons. The number of carbonyl (C=O) groups is 1. The highest BCUT2D eigenvalue weighted by atomic mass is 32.2. The maximum atomic E-state index is 11.9. The smallest absolute Gasteiger partial charge is 0.240 e. The van der Waals surface area contributed by atoms with Crippen LogP contribution in [0.4, 0.5) is 0 Å². The molecular weight excluding hydrogens is 348 g/mol. The summed E-state index contributed by atoms with van der Waals surface area (Å²) in [7, 11) is 1.53. The molecule has 1 atom stereocenters. The summed E-state index contributed by atoms with van der Waals surface area (Å²) in [4.78, 5) is 11.9. The summed E-state index contributed by atoms with van der Waals surface area (Å²) in [6, 6.07) is 3.42. The molecule has 0 unspecified atom stereocenters. The predicted molar refractivity (Wildman–Crippen MR) is 93.2 cm³/mol. The summed E-state index contributed by atoms with van der Waals surface area (Å²) in [6.45, 7) is 0. The average molecular weight is 370 g/mol. The number of hydrazone groups is 1. The molecule has 1 aliphatic heterocycles. The van der Waals surface area contributed by atoms with E-state index in [9.17, 15) is 13.2 Å². The van der Waals surface area contributed by atoms with Crippen molar-refractivity contribution in [3.05, 3.63) is 17.7 Å². The van der Waals surface area contributed by atoms with Crippen molar-refractivity contribution in [3.63, 3.8) is 0 Å². The lowest BCUT2D eigenvalue weighted by atomic mass is 10.1. The van der Waals surface area contributed by atoms with Gasteiger partial charge in [0.2, 0.25) is 11.7 Å². The van der Waals surface area contributed by atoms with Crippen molar-refractivity contribution in [2.75, 3.05) is 32.8 Å². The van der Waals surface area contributed by atoms with Gasteiger partial charge in [-0.1, -0.05) is 0 Å². The molecule has 1 fully saturated rings. The van der Waals surface area contributed by atoms with Crippen LogP contribution in [-0.4, -0.2) is 53.4 Å². The number of nitrogens with zero attached hydrogens (tertiary/aromatic N) is 1.